The molecule has 1 N–H and O–H groups in total. The topological polar surface area (TPSA) is 75.7 Å². The van der Waals surface area contributed by atoms with Crippen molar-refractivity contribution in [2.24, 2.45) is 0 Å². The van der Waals surface area contributed by atoms with Crippen molar-refractivity contribution in [3.63, 3.8) is 0 Å². The van der Waals surface area contributed by atoms with Gasteiger partial charge in [-0.3, -0.25) is 9.10 Å². The summed E-state index contributed by atoms with van der Waals surface area (Å²) < 4.78 is 47.0. The number of hydrogen-bond acceptors (Lipinski definition) is 4. The number of amides is 1. The number of rotatable bonds is 8. The fourth-order valence-electron chi connectivity index (χ4n) is 4.20. The van der Waals surface area contributed by atoms with Crippen molar-refractivity contribution < 1.29 is 22.3 Å². The first kappa shape index (κ1) is 23.8. The quantitative estimate of drug-likeness (QED) is 0.509. The summed E-state index contributed by atoms with van der Waals surface area (Å²) in [7, 11) is -4.10. The molecule has 0 saturated carbocycles. The van der Waals surface area contributed by atoms with E-state index in [2.05, 4.69) is 11.4 Å². The Morgan fingerprint density at radius 2 is 1.76 bits per heavy atom. The highest BCUT2D eigenvalue weighted by molar-refractivity contribution is 7.92. The van der Waals surface area contributed by atoms with Crippen LogP contribution in [0, 0.1) is 5.82 Å². The van der Waals surface area contributed by atoms with Crippen LogP contribution >= 0.6 is 0 Å². The van der Waals surface area contributed by atoms with Crippen molar-refractivity contribution in [3.05, 3.63) is 89.7 Å². The molecule has 0 fully saturated rings. The minimum Gasteiger partial charge on any atom is -0.494 e. The molecule has 8 heteroatoms. The Hall–Kier alpha value is -3.39. The largest absolute Gasteiger partial charge is 0.494 e. The zero-order chi connectivity index (χ0) is 24.1. The second kappa shape index (κ2) is 10.3. The van der Waals surface area contributed by atoms with Gasteiger partial charge >= 0.3 is 0 Å². The number of hydrogen-bond donors (Lipinski definition) is 1. The molecule has 0 saturated heterocycles. The third-order valence-corrected chi connectivity index (χ3v) is 7.62. The number of benzene rings is 3. The SMILES string of the molecule is CCOc1ccc(S(=O)(=O)N(CC(=O)NC2CCCc3ccccc32)c2ccc(F)cc2)cc1. The number of aryl methyl sites for hydroxylation is 1. The first-order chi connectivity index (χ1) is 16.4. The third-order valence-electron chi connectivity index (χ3n) is 5.83. The molecule has 0 heterocycles. The van der Waals surface area contributed by atoms with E-state index in [0.29, 0.717) is 12.4 Å². The molecule has 0 spiro atoms. The lowest BCUT2D eigenvalue weighted by atomic mass is 9.88. The van der Waals surface area contributed by atoms with E-state index in [9.17, 15) is 17.6 Å². The Labute approximate surface area is 199 Å². The Morgan fingerprint density at radius 3 is 2.47 bits per heavy atom. The summed E-state index contributed by atoms with van der Waals surface area (Å²) in [6.07, 6.45) is 2.68. The Morgan fingerprint density at radius 1 is 1.06 bits per heavy atom. The zero-order valence-electron chi connectivity index (χ0n) is 18.9. The molecule has 0 radical (unpaired) electrons. The summed E-state index contributed by atoms with van der Waals surface area (Å²) >= 11 is 0. The highest BCUT2D eigenvalue weighted by Crippen LogP contribution is 2.30. The van der Waals surface area contributed by atoms with Gasteiger partial charge in [-0.05, 0) is 85.8 Å². The summed E-state index contributed by atoms with van der Waals surface area (Å²) in [5.74, 6) is -0.380. The lowest BCUT2D eigenvalue weighted by molar-refractivity contribution is -0.120. The number of nitrogens with one attached hydrogen (secondary N) is 1. The van der Waals surface area contributed by atoms with Crippen LogP contribution in [0.2, 0.25) is 0 Å². The van der Waals surface area contributed by atoms with E-state index in [0.717, 1.165) is 29.1 Å². The van der Waals surface area contributed by atoms with Gasteiger partial charge in [-0.15, -0.1) is 0 Å². The van der Waals surface area contributed by atoms with Gasteiger partial charge in [0.25, 0.3) is 10.0 Å². The first-order valence-corrected chi connectivity index (χ1v) is 12.7. The molecule has 0 aromatic heterocycles. The average Bonchev–Trinajstić information content (AvgIpc) is 2.84. The molecule has 3 aromatic rings. The Bertz CT molecular complexity index is 1240. The van der Waals surface area contributed by atoms with Crippen LogP contribution in [0.1, 0.15) is 36.9 Å². The normalized spacial score (nSPS) is 15.3. The van der Waals surface area contributed by atoms with E-state index in [1.807, 2.05) is 25.1 Å². The summed E-state index contributed by atoms with van der Waals surface area (Å²) in [5, 5.41) is 3.00. The molecule has 0 bridgehead atoms. The predicted molar refractivity (Wildman–Crippen MR) is 129 cm³/mol. The summed E-state index contributed by atoms with van der Waals surface area (Å²) in [6, 6.07) is 18.8. The monoisotopic (exact) mass is 482 g/mol. The number of halogens is 1. The predicted octanol–water partition coefficient (Wildman–Crippen LogP) is 4.61. The molecular weight excluding hydrogens is 455 g/mol. The molecule has 34 heavy (non-hydrogen) atoms. The van der Waals surface area contributed by atoms with Crippen LogP contribution in [0.4, 0.5) is 10.1 Å². The molecule has 1 aliphatic carbocycles. The molecule has 1 unspecified atom stereocenters. The second-order valence-electron chi connectivity index (χ2n) is 8.10. The van der Waals surface area contributed by atoms with E-state index in [4.69, 9.17) is 4.74 Å². The summed E-state index contributed by atoms with van der Waals surface area (Å²) in [5.41, 5.74) is 2.45. The lowest BCUT2D eigenvalue weighted by Gasteiger charge is -2.28. The number of nitrogens with zero attached hydrogens (tertiary/aromatic N) is 1. The third kappa shape index (κ3) is 5.22. The van der Waals surface area contributed by atoms with Gasteiger partial charge in [0.1, 0.15) is 18.1 Å². The standard InChI is InChI=1S/C26H27FN2O4S/c1-2-33-22-14-16-23(17-15-22)34(31,32)29(21-12-10-20(27)11-13-21)18-26(30)28-25-9-5-7-19-6-3-4-8-24(19)25/h3-4,6,8,10-17,25H,2,5,7,9,18H2,1H3,(H,28,30). The van der Waals surface area contributed by atoms with E-state index in [1.165, 1.54) is 42.0 Å². The maximum atomic E-state index is 13.5. The molecule has 178 valence electrons. The van der Waals surface area contributed by atoms with Gasteiger partial charge in [0.05, 0.1) is 23.2 Å². The Kier molecular flexibility index (Phi) is 7.17. The van der Waals surface area contributed by atoms with Crippen LogP contribution in [-0.2, 0) is 21.2 Å². The highest BCUT2D eigenvalue weighted by Gasteiger charge is 2.29. The highest BCUT2D eigenvalue weighted by atomic mass is 32.2. The number of carbonyl (C=O) groups excluding carboxylic acids is 1. The van der Waals surface area contributed by atoms with E-state index >= 15 is 0 Å². The van der Waals surface area contributed by atoms with Crippen LogP contribution in [0.25, 0.3) is 0 Å². The van der Waals surface area contributed by atoms with Gasteiger partial charge in [0, 0.05) is 0 Å². The summed E-state index contributed by atoms with van der Waals surface area (Å²) in [4.78, 5) is 13.1. The van der Waals surface area contributed by atoms with Crippen LogP contribution < -0.4 is 14.4 Å². The zero-order valence-corrected chi connectivity index (χ0v) is 19.7. The van der Waals surface area contributed by atoms with Crippen LogP contribution in [0.5, 0.6) is 5.75 Å². The average molecular weight is 483 g/mol. The molecule has 0 aliphatic heterocycles. The second-order valence-corrected chi connectivity index (χ2v) is 9.97. The van der Waals surface area contributed by atoms with Gasteiger partial charge < -0.3 is 10.1 Å². The minimum absolute atomic E-state index is 0.0103. The van der Waals surface area contributed by atoms with Crippen molar-refractivity contribution in [1.82, 2.24) is 5.32 Å². The number of anilines is 1. The molecule has 1 amide bonds. The van der Waals surface area contributed by atoms with Crippen molar-refractivity contribution >= 4 is 21.6 Å². The molecule has 1 aliphatic rings. The fraction of sp³-hybridized carbons (Fsp3) is 0.269. The molecule has 1 atom stereocenters. The van der Waals surface area contributed by atoms with Gasteiger partial charge in [0.15, 0.2) is 0 Å². The van der Waals surface area contributed by atoms with E-state index in [1.54, 1.807) is 12.1 Å². The smallest absolute Gasteiger partial charge is 0.264 e. The first-order valence-electron chi connectivity index (χ1n) is 11.3. The van der Waals surface area contributed by atoms with Crippen molar-refractivity contribution in [2.75, 3.05) is 17.5 Å². The van der Waals surface area contributed by atoms with Crippen molar-refractivity contribution in [1.29, 1.82) is 0 Å². The van der Waals surface area contributed by atoms with E-state index < -0.39 is 28.3 Å². The number of carbonyl (C=O) groups is 1. The van der Waals surface area contributed by atoms with Gasteiger partial charge in [-0.25, -0.2) is 12.8 Å². The Balaban J connectivity index is 1.60. The van der Waals surface area contributed by atoms with Crippen LogP contribution in [0.3, 0.4) is 0 Å². The minimum atomic E-state index is -4.10. The van der Waals surface area contributed by atoms with Gasteiger partial charge in [-0.2, -0.15) is 0 Å². The molecular formula is C26H27FN2O4S. The maximum absolute atomic E-state index is 13.5. The molecule has 4 rings (SSSR count). The van der Waals surface area contributed by atoms with Gasteiger partial charge in [-0.1, -0.05) is 24.3 Å². The van der Waals surface area contributed by atoms with Gasteiger partial charge in [0.2, 0.25) is 5.91 Å². The van der Waals surface area contributed by atoms with Crippen molar-refractivity contribution in [3.8, 4) is 5.75 Å². The number of fused-ring (bicyclic) bond motifs is 1. The fourth-order valence-corrected chi connectivity index (χ4v) is 5.62. The van der Waals surface area contributed by atoms with E-state index in [-0.39, 0.29) is 16.6 Å². The number of sulfonamides is 1. The number of ether oxygens (including phenoxy) is 1. The van der Waals surface area contributed by atoms with Crippen LogP contribution in [0.15, 0.2) is 77.7 Å². The molecule has 6 nitrogen and oxygen atoms in total. The lowest BCUT2D eigenvalue weighted by Crippen LogP contribution is -2.42. The maximum Gasteiger partial charge on any atom is 0.264 e. The summed E-state index contributed by atoms with van der Waals surface area (Å²) in [6.45, 7) is 1.86. The molecule has 3 aromatic carbocycles. The van der Waals surface area contributed by atoms with Crippen molar-refractivity contribution in [2.45, 2.75) is 37.1 Å². The van der Waals surface area contributed by atoms with Crippen LogP contribution in [-0.4, -0.2) is 27.5 Å².